The van der Waals surface area contributed by atoms with Gasteiger partial charge in [0.1, 0.15) is 0 Å². The first-order valence-corrected chi connectivity index (χ1v) is 4.34. The van der Waals surface area contributed by atoms with Crippen LogP contribution >= 0.6 is 0 Å². The summed E-state index contributed by atoms with van der Waals surface area (Å²) in [6.07, 6.45) is 2.39. The Morgan fingerprint density at radius 2 is 2.33 bits per heavy atom. The number of ether oxygens (including phenoxy) is 1. The Labute approximate surface area is 71.9 Å². The highest BCUT2D eigenvalue weighted by Gasteiger charge is 2.37. The van der Waals surface area contributed by atoms with Crippen LogP contribution < -0.4 is 5.32 Å². The zero-order valence-electron chi connectivity index (χ0n) is 7.25. The molecule has 0 spiro atoms. The lowest BCUT2D eigenvalue weighted by atomic mass is 9.88. The zero-order chi connectivity index (χ0) is 8.55. The maximum absolute atomic E-state index is 11.2. The Morgan fingerprint density at radius 1 is 1.58 bits per heavy atom. The van der Waals surface area contributed by atoms with Gasteiger partial charge in [-0.3, -0.25) is 10.1 Å². The van der Waals surface area contributed by atoms with Crippen LogP contribution in [0.1, 0.15) is 12.8 Å². The molecule has 2 fully saturated rings. The van der Waals surface area contributed by atoms with Crippen molar-refractivity contribution in [3.8, 4) is 0 Å². The molecule has 0 unspecified atom stereocenters. The first-order chi connectivity index (χ1) is 5.81. The van der Waals surface area contributed by atoms with Crippen molar-refractivity contribution in [3.63, 3.8) is 0 Å². The van der Waals surface area contributed by atoms with Gasteiger partial charge in [0.05, 0.1) is 19.3 Å². The maximum atomic E-state index is 11.2. The van der Waals surface area contributed by atoms with E-state index in [1.54, 1.807) is 7.11 Å². The van der Waals surface area contributed by atoms with Crippen LogP contribution in [0.3, 0.4) is 0 Å². The average molecular weight is 170 g/mol. The van der Waals surface area contributed by atoms with Crippen molar-refractivity contribution in [1.82, 2.24) is 10.2 Å². The number of methoxy groups -OCH3 is 1. The van der Waals surface area contributed by atoms with Gasteiger partial charge in [0, 0.05) is 13.2 Å². The minimum absolute atomic E-state index is 0.231. The topological polar surface area (TPSA) is 41.6 Å². The molecule has 0 aromatic carbocycles. The fraction of sp³-hybridized carbons (Fsp3) is 0.875. The van der Waals surface area contributed by atoms with Gasteiger partial charge in [0.2, 0.25) is 5.91 Å². The number of hydrogen-bond donors (Lipinski definition) is 1. The van der Waals surface area contributed by atoms with E-state index in [9.17, 15) is 4.79 Å². The summed E-state index contributed by atoms with van der Waals surface area (Å²) < 4.78 is 5.15. The first-order valence-electron chi connectivity index (χ1n) is 4.34. The predicted molar refractivity (Wildman–Crippen MR) is 43.5 cm³/mol. The molecule has 2 aliphatic rings. The molecular weight excluding hydrogens is 156 g/mol. The van der Waals surface area contributed by atoms with E-state index in [1.807, 2.05) is 4.90 Å². The molecule has 1 aliphatic heterocycles. The second-order valence-electron chi connectivity index (χ2n) is 3.43. The highest BCUT2D eigenvalue weighted by molar-refractivity contribution is 5.80. The van der Waals surface area contributed by atoms with Crippen LogP contribution in [0, 0.1) is 0 Å². The predicted octanol–water partition coefficient (Wildman–Crippen LogP) is -0.447. The van der Waals surface area contributed by atoms with Gasteiger partial charge in [-0.25, -0.2) is 0 Å². The highest BCUT2D eigenvalue weighted by Crippen LogP contribution is 2.28. The number of nitrogens with one attached hydrogen (secondary N) is 1. The van der Waals surface area contributed by atoms with Gasteiger partial charge in [-0.2, -0.15) is 0 Å². The Bertz CT molecular complexity index is 189. The molecular formula is C8H14N2O2. The molecule has 0 atom stereocenters. The van der Waals surface area contributed by atoms with E-state index in [1.165, 1.54) is 0 Å². The SMILES string of the molecule is COC1CC(N2CNCC2=O)C1. The Kier molecular flexibility index (Phi) is 2.02. The third-order valence-electron chi connectivity index (χ3n) is 2.72. The summed E-state index contributed by atoms with van der Waals surface area (Å²) in [5, 5.41) is 3.04. The van der Waals surface area contributed by atoms with E-state index in [0.29, 0.717) is 18.7 Å². The van der Waals surface area contributed by atoms with Crippen LogP contribution in [0.15, 0.2) is 0 Å². The van der Waals surface area contributed by atoms with Crippen LogP contribution in [-0.2, 0) is 9.53 Å². The van der Waals surface area contributed by atoms with Gasteiger partial charge in [0.25, 0.3) is 0 Å². The van der Waals surface area contributed by atoms with Gasteiger partial charge in [-0.15, -0.1) is 0 Å². The third kappa shape index (κ3) is 1.21. The highest BCUT2D eigenvalue weighted by atomic mass is 16.5. The number of amides is 1. The van der Waals surface area contributed by atoms with Crippen molar-refractivity contribution in [2.75, 3.05) is 20.3 Å². The molecule has 0 bridgehead atoms. The summed E-state index contributed by atoms with van der Waals surface area (Å²) in [6, 6.07) is 0.428. The summed E-state index contributed by atoms with van der Waals surface area (Å²) in [5.74, 6) is 0.231. The molecule has 2 rings (SSSR count). The number of hydrogen-bond acceptors (Lipinski definition) is 3. The lowest BCUT2D eigenvalue weighted by molar-refractivity contribution is -0.133. The van der Waals surface area contributed by atoms with Crippen molar-refractivity contribution in [3.05, 3.63) is 0 Å². The third-order valence-corrected chi connectivity index (χ3v) is 2.72. The minimum atomic E-state index is 0.231. The van der Waals surface area contributed by atoms with Crippen LogP contribution in [0.25, 0.3) is 0 Å². The molecule has 0 aromatic rings. The molecule has 12 heavy (non-hydrogen) atoms. The molecule has 1 heterocycles. The quantitative estimate of drug-likeness (QED) is 0.610. The van der Waals surface area contributed by atoms with Gasteiger partial charge < -0.3 is 9.64 Å². The Balaban J connectivity index is 1.83. The van der Waals surface area contributed by atoms with Crippen LogP contribution in [0.2, 0.25) is 0 Å². The molecule has 1 aliphatic carbocycles. The Morgan fingerprint density at radius 3 is 2.83 bits per heavy atom. The standard InChI is InChI=1S/C8H14N2O2/c1-12-7-2-6(3-7)10-5-9-4-8(10)11/h6-7,9H,2-5H2,1H3. The van der Waals surface area contributed by atoms with Crippen molar-refractivity contribution in [2.24, 2.45) is 0 Å². The largest absolute Gasteiger partial charge is 0.381 e. The number of carbonyl (C=O) groups is 1. The fourth-order valence-electron chi connectivity index (χ4n) is 1.79. The van der Waals surface area contributed by atoms with Gasteiger partial charge in [-0.05, 0) is 12.8 Å². The van der Waals surface area contributed by atoms with E-state index in [-0.39, 0.29) is 5.91 Å². The number of carbonyl (C=O) groups excluding carboxylic acids is 1. The minimum Gasteiger partial charge on any atom is -0.381 e. The van der Waals surface area contributed by atoms with Crippen molar-refractivity contribution in [1.29, 1.82) is 0 Å². The van der Waals surface area contributed by atoms with Crippen LogP contribution in [0.5, 0.6) is 0 Å². The number of nitrogens with zero attached hydrogens (tertiary/aromatic N) is 1. The summed E-state index contributed by atoms with van der Waals surface area (Å²) in [6.45, 7) is 1.23. The lowest BCUT2D eigenvalue weighted by Gasteiger charge is -2.39. The van der Waals surface area contributed by atoms with Gasteiger partial charge in [0.15, 0.2) is 0 Å². The molecule has 0 radical (unpaired) electrons. The molecule has 1 saturated heterocycles. The fourth-order valence-corrected chi connectivity index (χ4v) is 1.79. The van der Waals surface area contributed by atoms with E-state index >= 15 is 0 Å². The summed E-state index contributed by atoms with van der Waals surface area (Å²) in [5.41, 5.74) is 0. The summed E-state index contributed by atoms with van der Waals surface area (Å²) in [7, 11) is 1.73. The second-order valence-corrected chi connectivity index (χ2v) is 3.43. The van der Waals surface area contributed by atoms with Crippen molar-refractivity contribution < 1.29 is 9.53 Å². The summed E-state index contributed by atoms with van der Waals surface area (Å²) >= 11 is 0. The normalized spacial score (nSPS) is 35.4. The van der Waals surface area contributed by atoms with Gasteiger partial charge in [-0.1, -0.05) is 0 Å². The smallest absolute Gasteiger partial charge is 0.237 e. The number of rotatable bonds is 2. The first kappa shape index (κ1) is 8.01. The summed E-state index contributed by atoms with van der Waals surface area (Å²) in [4.78, 5) is 13.1. The zero-order valence-corrected chi connectivity index (χ0v) is 7.25. The van der Waals surface area contributed by atoms with Gasteiger partial charge >= 0.3 is 0 Å². The molecule has 1 saturated carbocycles. The van der Waals surface area contributed by atoms with Crippen LogP contribution in [0.4, 0.5) is 0 Å². The van der Waals surface area contributed by atoms with Crippen LogP contribution in [-0.4, -0.2) is 43.3 Å². The molecule has 68 valence electrons. The average Bonchev–Trinajstić information content (AvgIpc) is 2.35. The monoisotopic (exact) mass is 170 g/mol. The van der Waals surface area contributed by atoms with E-state index in [4.69, 9.17) is 4.74 Å². The molecule has 1 N–H and O–H groups in total. The lowest BCUT2D eigenvalue weighted by Crippen LogP contribution is -2.48. The van der Waals surface area contributed by atoms with Crippen molar-refractivity contribution >= 4 is 5.91 Å². The van der Waals surface area contributed by atoms with E-state index in [0.717, 1.165) is 19.5 Å². The maximum Gasteiger partial charge on any atom is 0.237 e. The molecule has 0 aromatic heterocycles. The molecule has 1 amide bonds. The van der Waals surface area contributed by atoms with E-state index in [2.05, 4.69) is 5.32 Å². The molecule has 4 nitrogen and oxygen atoms in total. The van der Waals surface area contributed by atoms with Crippen molar-refractivity contribution in [2.45, 2.75) is 25.0 Å². The Hall–Kier alpha value is -0.610. The second kappa shape index (κ2) is 3.03. The van der Waals surface area contributed by atoms with E-state index < -0.39 is 0 Å². The molecule has 4 heteroatoms.